The van der Waals surface area contributed by atoms with E-state index >= 15 is 0 Å². The number of nitrogens with two attached hydrogens (primary N) is 1. The zero-order valence-electron chi connectivity index (χ0n) is 17.7. The SMILES string of the molecule is Cn1cc(-c2cc(C(=O)NC3CCC(N)CC3)c3cc(Cl)ccc3n2)c2cc(Br)ccc21. The summed E-state index contributed by atoms with van der Waals surface area (Å²) in [6.07, 6.45) is 5.74. The van der Waals surface area contributed by atoms with Crippen LogP contribution in [0, 0.1) is 0 Å². The first-order valence-electron chi connectivity index (χ1n) is 10.8. The number of aromatic nitrogens is 2. The normalized spacial score (nSPS) is 18.9. The van der Waals surface area contributed by atoms with E-state index in [2.05, 4.69) is 44.1 Å². The standard InChI is InChI=1S/C25H24BrClN4O/c1-31-13-21(19-10-14(26)2-9-24(19)31)23-12-20(18-11-15(27)3-8-22(18)30-23)25(32)29-17-6-4-16(28)5-7-17/h2-3,8-13,16-17H,4-7,28H2,1H3,(H,29,32). The van der Waals surface area contributed by atoms with E-state index in [1.807, 2.05) is 37.4 Å². The summed E-state index contributed by atoms with van der Waals surface area (Å²) < 4.78 is 3.08. The average molecular weight is 512 g/mol. The smallest absolute Gasteiger partial charge is 0.252 e. The fourth-order valence-electron chi connectivity index (χ4n) is 4.62. The van der Waals surface area contributed by atoms with Crippen molar-refractivity contribution >= 4 is 55.2 Å². The van der Waals surface area contributed by atoms with Gasteiger partial charge in [0.1, 0.15) is 0 Å². The number of hydrogen-bond acceptors (Lipinski definition) is 3. The van der Waals surface area contributed by atoms with E-state index in [4.69, 9.17) is 22.3 Å². The van der Waals surface area contributed by atoms with Crippen molar-refractivity contribution in [3.63, 3.8) is 0 Å². The van der Waals surface area contributed by atoms with Gasteiger partial charge in [-0.05, 0) is 68.1 Å². The largest absolute Gasteiger partial charge is 0.350 e. The van der Waals surface area contributed by atoms with Gasteiger partial charge < -0.3 is 15.6 Å². The van der Waals surface area contributed by atoms with Gasteiger partial charge in [0.15, 0.2) is 0 Å². The van der Waals surface area contributed by atoms with Crippen molar-refractivity contribution in [2.75, 3.05) is 0 Å². The predicted octanol–water partition coefficient (Wildman–Crippen LogP) is 5.81. The van der Waals surface area contributed by atoms with Crippen LogP contribution < -0.4 is 11.1 Å². The second-order valence-electron chi connectivity index (χ2n) is 8.62. The second-order valence-corrected chi connectivity index (χ2v) is 9.97. The number of aryl methyl sites for hydroxylation is 1. The molecule has 164 valence electrons. The molecule has 0 unspecified atom stereocenters. The Balaban J connectivity index is 1.62. The van der Waals surface area contributed by atoms with E-state index < -0.39 is 0 Å². The van der Waals surface area contributed by atoms with Crippen molar-refractivity contribution in [3.05, 3.63) is 63.7 Å². The maximum Gasteiger partial charge on any atom is 0.252 e. The summed E-state index contributed by atoms with van der Waals surface area (Å²) in [6.45, 7) is 0. The third-order valence-corrected chi connectivity index (χ3v) is 7.08. The molecule has 2 aromatic heterocycles. The Hall–Kier alpha value is -2.41. The first kappa shape index (κ1) is 21.4. The molecule has 0 saturated heterocycles. The number of nitrogens with zero attached hydrogens (tertiary/aromatic N) is 2. The minimum atomic E-state index is -0.0946. The fraction of sp³-hybridized carbons (Fsp3) is 0.280. The van der Waals surface area contributed by atoms with Gasteiger partial charge in [-0.15, -0.1) is 0 Å². The molecule has 1 amide bonds. The Morgan fingerprint density at radius 1 is 1.12 bits per heavy atom. The summed E-state index contributed by atoms with van der Waals surface area (Å²) in [7, 11) is 2.02. The van der Waals surface area contributed by atoms with Gasteiger partial charge in [0.05, 0.1) is 16.8 Å². The van der Waals surface area contributed by atoms with Crippen LogP contribution in [0.3, 0.4) is 0 Å². The summed E-state index contributed by atoms with van der Waals surface area (Å²) in [4.78, 5) is 18.3. The number of nitrogens with one attached hydrogen (secondary N) is 1. The zero-order valence-corrected chi connectivity index (χ0v) is 20.1. The van der Waals surface area contributed by atoms with Gasteiger partial charge in [-0.2, -0.15) is 0 Å². The summed E-state index contributed by atoms with van der Waals surface area (Å²) in [5.41, 5.74) is 10.2. The molecule has 3 N–H and O–H groups in total. The van der Waals surface area contributed by atoms with Gasteiger partial charge in [0, 0.05) is 56.7 Å². The highest BCUT2D eigenvalue weighted by atomic mass is 79.9. The number of pyridine rings is 1. The molecule has 0 atom stereocenters. The quantitative estimate of drug-likeness (QED) is 0.365. The number of carbonyl (C=O) groups excluding carboxylic acids is 1. The molecule has 32 heavy (non-hydrogen) atoms. The van der Waals surface area contributed by atoms with Gasteiger partial charge in [0.2, 0.25) is 0 Å². The van der Waals surface area contributed by atoms with Crippen molar-refractivity contribution in [1.82, 2.24) is 14.9 Å². The average Bonchev–Trinajstić information content (AvgIpc) is 3.10. The Morgan fingerprint density at radius 3 is 2.69 bits per heavy atom. The number of halogens is 2. The molecule has 1 aliphatic carbocycles. The summed E-state index contributed by atoms with van der Waals surface area (Å²) in [5.74, 6) is -0.0946. The van der Waals surface area contributed by atoms with Crippen LogP contribution in [0.4, 0.5) is 0 Å². The molecule has 2 heterocycles. The minimum absolute atomic E-state index is 0.0946. The lowest BCUT2D eigenvalue weighted by Gasteiger charge is -2.27. The molecule has 4 aromatic rings. The molecular weight excluding hydrogens is 488 g/mol. The van der Waals surface area contributed by atoms with Crippen LogP contribution in [0.2, 0.25) is 5.02 Å². The molecule has 0 bridgehead atoms. The van der Waals surface area contributed by atoms with Crippen molar-refractivity contribution in [3.8, 4) is 11.3 Å². The molecule has 7 heteroatoms. The predicted molar refractivity (Wildman–Crippen MR) is 134 cm³/mol. The van der Waals surface area contributed by atoms with E-state index in [1.54, 1.807) is 0 Å². The van der Waals surface area contributed by atoms with Gasteiger partial charge in [-0.1, -0.05) is 27.5 Å². The fourth-order valence-corrected chi connectivity index (χ4v) is 5.15. The Morgan fingerprint density at radius 2 is 1.91 bits per heavy atom. The number of amides is 1. The topological polar surface area (TPSA) is 72.9 Å². The van der Waals surface area contributed by atoms with Crippen molar-refractivity contribution < 1.29 is 4.79 Å². The minimum Gasteiger partial charge on any atom is -0.350 e. The van der Waals surface area contributed by atoms with Crippen LogP contribution in [0.15, 0.2) is 53.1 Å². The molecule has 1 saturated carbocycles. The van der Waals surface area contributed by atoms with Crippen LogP contribution in [-0.4, -0.2) is 27.5 Å². The lowest BCUT2D eigenvalue weighted by atomic mass is 9.91. The Bertz CT molecular complexity index is 1340. The zero-order chi connectivity index (χ0) is 22.4. The van der Waals surface area contributed by atoms with Gasteiger partial charge in [-0.3, -0.25) is 4.79 Å². The van der Waals surface area contributed by atoms with Gasteiger partial charge >= 0.3 is 0 Å². The highest BCUT2D eigenvalue weighted by Crippen LogP contribution is 2.34. The maximum absolute atomic E-state index is 13.4. The number of benzene rings is 2. The van der Waals surface area contributed by atoms with Crippen LogP contribution in [0.5, 0.6) is 0 Å². The first-order valence-corrected chi connectivity index (χ1v) is 12.0. The molecule has 5 nitrogen and oxygen atoms in total. The lowest BCUT2D eigenvalue weighted by molar-refractivity contribution is 0.0927. The number of fused-ring (bicyclic) bond motifs is 2. The lowest BCUT2D eigenvalue weighted by Crippen LogP contribution is -2.40. The molecule has 2 aromatic carbocycles. The number of rotatable bonds is 3. The Kier molecular flexibility index (Phi) is 5.70. The third-order valence-electron chi connectivity index (χ3n) is 6.35. The monoisotopic (exact) mass is 510 g/mol. The van der Waals surface area contributed by atoms with Crippen molar-refractivity contribution in [1.29, 1.82) is 0 Å². The van der Waals surface area contributed by atoms with E-state index in [1.165, 1.54) is 0 Å². The van der Waals surface area contributed by atoms with Gasteiger partial charge in [0.25, 0.3) is 5.91 Å². The first-order chi connectivity index (χ1) is 15.4. The molecule has 5 rings (SSSR count). The van der Waals surface area contributed by atoms with Crippen LogP contribution in [0.25, 0.3) is 33.1 Å². The molecule has 0 radical (unpaired) electrons. The number of hydrogen-bond donors (Lipinski definition) is 2. The van der Waals surface area contributed by atoms with E-state index in [0.29, 0.717) is 10.6 Å². The van der Waals surface area contributed by atoms with Crippen molar-refractivity contribution in [2.45, 2.75) is 37.8 Å². The molecule has 1 fully saturated rings. The van der Waals surface area contributed by atoms with Crippen molar-refractivity contribution in [2.24, 2.45) is 12.8 Å². The van der Waals surface area contributed by atoms with Crippen LogP contribution >= 0.6 is 27.5 Å². The maximum atomic E-state index is 13.4. The van der Waals surface area contributed by atoms with E-state index in [0.717, 1.165) is 63.2 Å². The van der Waals surface area contributed by atoms with Crippen LogP contribution in [-0.2, 0) is 7.05 Å². The molecule has 0 spiro atoms. The van der Waals surface area contributed by atoms with E-state index in [-0.39, 0.29) is 18.0 Å². The second kappa shape index (κ2) is 8.50. The molecule has 1 aliphatic rings. The molecular formula is C25H24BrClN4O. The van der Waals surface area contributed by atoms with Gasteiger partial charge in [-0.25, -0.2) is 4.98 Å². The Labute approximate surface area is 200 Å². The summed E-state index contributed by atoms with van der Waals surface area (Å²) in [6, 6.07) is 14.0. The van der Waals surface area contributed by atoms with Crippen LogP contribution in [0.1, 0.15) is 36.0 Å². The third kappa shape index (κ3) is 4.03. The summed E-state index contributed by atoms with van der Waals surface area (Å²) >= 11 is 9.85. The number of carbonyl (C=O) groups is 1. The molecule has 0 aliphatic heterocycles. The van der Waals surface area contributed by atoms with E-state index in [9.17, 15) is 4.79 Å². The highest BCUT2D eigenvalue weighted by molar-refractivity contribution is 9.10. The highest BCUT2D eigenvalue weighted by Gasteiger charge is 2.23. The summed E-state index contributed by atoms with van der Waals surface area (Å²) in [5, 5.41) is 5.64.